The molecular formula is C27H22FN3O4. The van der Waals surface area contributed by atoms with Gasteiger partial charge in [-0.25, -0.2) is 9.18 Å². The van der Waals surface area contributed by atoms with Gasteiger partial charge < -0.3 is 9.64 Å². The highest BCUT2D eigenvalue weighted by molar-refractivity contribution is 6.32. The Morgan fingerprint density at radius 2 is 1.63 bits per heavy atom. The third kappa shape index (κ3) is 4.08. The number of imide groups is 1. The van der Waals surface area contributed by atoms with Gasteiger partial charge in [0.15, 0.2) is 0 Å². The predicted molar refractivity (Wildman–Crippen MR) is 131 cm³/mol. The molecule has 4 aromatic rings. The number of hydrogen-bond acceptors (Lipinski definition) is 5. The molecule has 1 aliphatic heterocycles. The molecule has 4 aromatic carbocycles. The number of fused-ring (bicyclic) bond motifs is 2. The molecule has 0 spiro atoms. The van der Waals surface area contributed by atoms with Crippen LogP contribution in [0.1, 0.15) is 20.7 Å². The van der Waals surface area contributed by atoms with E-state index in [1.165, 1.54) is 29.2 Å². The van der Waals surface area contributed by atoms with Crippen molar-refractivity contribution in [2.24, 2.45) is 0 Å². The second-order valence-electron chi connectivity index (χ2n) is 8.59. The van der Waals surface area contributed by atoms with Crippen molar-refractivity contribution < 1.29 is 23.5 Å². The number of benzene rings is 4. The molecule has 1 heterocycles. The minimum atomic E-state index is -0.784. The Morgan fingerprint density at radius 3 is 2.34 bits per heavy atom. The number of anilines is 1. The number of nitrogens with one attached hydrogen (secondary N) is 1. The van der Waals surface area contributed by atoms with E-state index < -0.39 is 17.8 Å². The Bertz CT molecular complexity index is 1500. The Hall–Kier alpha value is -4.30. The van der Waals surface area contributed by atoms with Crippen molar-refractivity contribution in [1.82, 2.24) is 9.80 Å². The molecule has 0 bridgehead atoms. The van der Waals surface area contributed by atoms with E-state index in [-0.39, 0.29) is 18.2 Å². The van der Waals surface area contributed by atoms with Crippen LogP contribution in [0.25, 0.3) is 21.5 Å². The van der Waals surface area contributed by atoms with Gasteiger partial charge in [-0.15, -0.1) is 0 Å². The third-order valence-corrected chi connectivity index (χ3v) is 5.97. The van der Waals surface area contributed by atoms with E-state index in [9.17, 15) is 18.8 Å². The normalized spacial score (nSPS) is 13.1. The quantitative estimate of drug-likeness (QED) is 0.331. The zero-order valence-corrected chi connectivity index (χ0v) is 19.2. The zero-order chi connectivity index (χ0) is 24.7. The third-order valence-electron chi connectivity index (χ3n) is 5.97. The number of hydrogen-bond donors (Lipinski definition) is 1. The van der Waals surface area contributed by atoms with Crippen molar-refractivity contribution in [1.29, 1.82) is 0 Å². The molecule has 0 saturated carbocycles. The van der Waals surface area contributed by atoms with Gasteiger partial charge in [0, 0.05) is 29.4 Å². The predicted octanol–water partition coefficient (Wildman–Crippen LogP) is 4.90. The highest BCUT2D eigenvalue weighted by atomic mass is 19.1. The van der Waals surface area contributed by atoms with Crippen LogP contribution in [0, 0.1) is 5.82 Å². The summed E-state index contributed by atoms with van der Waals surface area (Å²) in [5.41, 5.74) is 1.18. The van der Waals surface area contributed by atoms with E-state index in [0.717, 1.165) is 10.8 Å². The maximum absolute atomic E-state index is 13.7. The van der Waals surface area contributed by atoms with Gasteiger partial charge in [0.2, 0.25) is 0 Å². The van der Waals surface area contributed by atoms with Crippen molar-refractivity contribution >= 4 is 45.1 Å². The first-order valence-corrected chi connectivity index (χ1v) is 11.1. The summed E-state index contributed by atoms with van der Waals surface area (Å²) in [5, 5.41) is 5.30. The molecule has 5 rings (SSSR count). The largest absolute Gasteiger partial charge is 0.417 e. The van der Waals surface area contributed by atoms with Crippen LogP contribution in [0.5, 0.6) is 5.75 Å². The van der Waals surface area contributed by atoms with Gasteiger partial charge in [-0.05, 0) is 67.3 Å². The van der Waals surface area contributed by atoms with Crippen LogP contribution in [0.4, 0.5) is 14.9 Å². The number of likely N-dealkylation sites (N-methyl/N-ethyl adjacent to an activating group) is 1. The van der Waals surface area contributed by atoms with Gasteiger partial charge >= 0.3 is 6.09 Å². The van der Waals surface area contributed by atoms with E-state index in [1.54, 1.807) is 24.3 Å². The molecule has 35 heavy (non-hydrogen) atoms. The van der Waals surface area contributed by atoms with Gasteiger partial charge in [0.1, 0.15) is 11.6 Å². The number of amides is 3. The molecule has 176 valence electrons. The summed E-state index contributed by atoms with van der Waals surface area (Å²) in [6.45, 7) is 0.752. The lowest BCUT2D eigenvalue weighted by molar-refractivity contribution is 0.0602. The number of ether oxygens (including phenoxy) is 1. The fraction of sp³-hybridized carbons (Fsp3) is 0.148. The molecule has 1 aliphatic rings. The fourth-order valence-corrected chi connectivity index (χ4v) is 4.35. The molecule has 0 aliphatic carbocycles. The first-order chi connectivity index (χ1) is 16.8. The van der Waals surface area contributed by atoms with E-state index in [0.29, 0.717) is 34.1 Å². The lowest BCUT2D eigenvalue weighted by Gasteiger charge is -2.29. The molecule has 1 N–H and O–H groups in total. The van der Waals surface area contributed by atoms with Crippen LogP contribution >= 0.6 is 0 Å². The lowest BCUT2D eigenvalue weighted by Crippen LogP contribution is -2.43. The van der Waals surface area contributed by atoms with E-state index in [4.69, 9.17) is 4.74 Å². The summed E-state index contributed by atoms with van der Waals surface area (Å²) < 4.78 is 18.5. The smallest absolute Gasteiger partial charge is 0.410 e. The lowest BCUT2D eigenvalue weighted by atomic mass is 9.89. The SMILES string of the molecule is CN(C)CCN1C(=O)c2cccc3cc4cccc(NC(=O)Oc5ccc(F)cc5)c4c(c23)C1=O. The van der Waals surface area contributed by atoms with Crippen molar-refractivity contribution in [3.05, 3.63) is 83.7 Å². The molecule has 0 atom stereocenters. The highest BCUT2D eigenvalue weighted by Gasteiger charge is 2.34. The number of carbonyl (C=O) groups is 3. The molecule has 8 heteroatoms. The van der Waals surface area contributed by atoms with Gasteiger partial charge in [-0.2, -0.15) is 0 Å². The Balaban J connectivity index is 1.62. The Morgan fingerprint density at radius 1 is 0.943 bits per heavy atom. The van der Waals surface area contributed by atoms with Crippen molar-refractivity contribution in [3.63, 3.8) is 0 Å². The Labute approximate surface area is 200 Å². The average Bonchev–Trinajstić information content (AvgIpc) is 2.83. The zero-order valence-electron chi connectivity index (χ0n) is 19.2. The van der Waals surface area contributed by atoms with Crippen LogP contribution in [-0.2, 0) is 0 Å². The molecule has 3 amide bonds. The van der Waals surface area contributed by atoms with Crippen molar-refractivity contribution in [2.45, 2.75) is 0 Å². The first-order valence-electron chi connectivity index (χ1n) is 11.1. The molecular weight excluding hydrogens is 449 g/mol. The topological polar surface area (TPSA) is 78.9 Å². The highest BCUT2D eigenvalue weighted by Crippen LogP contribution is 2.39. The van der Waals surface area contributed by atoms with Crippen LogP contribution < -0.4 is 10.1 Å². The summed E-state index contributed by atoms with van der Waals surface area (Å²) in [6, 6.07) is 17.6. The average molecular weight is 471 g/mol. The Kier molecular flexibility index (Phi) is 5.66. The van der Waals surface area contributed by atoms with Crippen LogP contribution in [-0.4, -0.2) is 54.9 Å². The van der Waals surface area contributed by atoms with Gasteiger partial charge in [0.05, 0.1) is 11.3 Å². The molecule has 0 unspecified atom stereocenters. The van der Waals surface area contributed by atoms with E-state index >= 15 is 0 Å². The van der Waals surface area contributed by atoms with Gasteiger partial charge in [0.25, 0.3) is 11.8 Å². The summed E-state index contributed by atoms with van der Waals surface area (Å²) in [6.07, 6.45) is -0.784. The van der Waals surface area contributed by atoms with E-state index in [2.05, 4.69) is 5.32 Å². The molecule has 7 nitrogen and oxygen atoms in total. The molecule has 0 aromatic heterocycles. The van der Waals surface area contributed by atoms with Crippen LogP contribution in [0.2, 0.25) is 0 Å². The second-order valence-corrected chi connectivity index (χ2v) is 8.59. The second kappa shape index (κ2) is 8.81. The van der Waals surface area contributed by atoms with Crippen LogP contribution in [0.3, 0.4) is 0 Å². The maximum atomic E-state index is 13.7. The van der Waals surface area contributed by atoms with Gasteiger partial charge in [-0.3, -0.25) is 19.8 Å². The summed E-state index contributed by atoms with van der Waals surface area (Å²) >= 11 is 0. The number of halogens is 1. The maximum Gasteiger partial charge on any atom is 0.417 e. The van der Waals surface area contributed by atoms with Gasteiger partial charge in [-0.1, -0.05) is 24.3 Å². The van der Waals surface area contributed by atoms with Crippen molar-refractivity contribution in [2.75, 3.05) is 32.5 Å². The summed E-state index contributed by atoms with van der Waals surface area (Å²) in [7, 11) is 3.75. The summed E-state index contributed by atoms with van der Waals surface area (Å²) in [5.74, 6) is -1.02. The standard InChI is InChI=1S/C27H22FN3O4/c1-30(2)13-14-31-25(32)20-7-3-5-16-15-17-6-4-8-21(23(17)24(22(16)20)26(31)33)29-27(34)35-19-11-9-18(28)10-12-19/h3-12,15H,13-14H2,1-2H3,(H,29,34). The minimum Gasteiger partial charge on any atom is -0.410 e. The number of carbonyl (C=O) groups excluding carboxylic acids is 3. The summed E-state index contributed by atoms with van der Waals surface area (Å²) in [4.78, 5) is 42.7. The fourth-order valence-electron chi connectivity index (χ4n) is 4.35. The molecule has 0 radical (unpaired) electrons. The monoisotopic (exact) mass is 471 g/mol. The van der Waals surface area contributed by atoms with E-state index in [1.807, 2.05) is 37.2 Å². The minimum absolute atomic E-state index is 0.176. The number of nitrogens with zero attached hydrogens (tertiary/aromatic N) is 2. The molecule has 0 fully saturated rings. The van der Waals surface area contributed by atoms with Crippen molar-refractivity contribution in [3.8, 4) is 5.75 Å². The first kappa shape index (κ1) is 22.5. The molecule has 0 saturated heterocycles. The van der Waals surface area contributed by atoms with Crippen LogP contribution in [0.15, 0.2) is 66.7 Å². The number of rotatable bonds is 5.